The summed E-state index contributed by atoms with van der Waals surface area (Å²) in [6.45, 7) is 3.95. The summed E-state index contributed by atoms with van der Waals surface area (Å²) in [5, 5.41) is 9.43. The van der Waals surface area contributed by atoms with Gasteiger partial charge in [0.15, 0.2) is 45.7 Å². The zero-order valence-corrected chi connectivity index (χ0v) is 23.9. The molecule has 13 heteroatoms. The average molecular weight is 615 g/mol. The van der Waals surface area contributed by atoms with Crippen molar-refractivity contribution in [3.8, 4) is 39.9 Å². The van der Waals surface area contributed by atoms with Crippen molar-refractivity contribution in [2.45, 2.75) is 17.5 Å². The van der Waals surface area contributed by atoms with Crippen LogP contribution in [-0.2, 0) is 12.3 Å². The number of rotatable bonds is 10. The summed E-state index contributed by atoms with van der Waals surface area (Å²) in [5.74, 6) is -8.98. The fourth-order valence-electron chi connectivity index (χ4n) is 4.54. The SMILES string of the molecule is C=CCn1c(SCc2c(F)c(F)c(F)c(F)c2F)nnc1-c1cc(-c2cc(OC)c(OC)c(OC)c2)nc2ccccc12. The number of allylic oxidation sites excluding steroid dienone is 1. The second-order valence-corrected chi connectivity index (χ2v) is 9.97. The van der Waals surface area contributed by atoms with Crippen LogP contribution in [0.25, 0.3) is 33.5 Å². The molecule has 222 valence electrons. The molecule has 7 nitrogen and oxygen atoms in total. The van der Waals surface area contributed by atoms with Gasteiger partial charge in [-0.05, 0) is 24.3 Å². The van der Waals surface area contributed by atoms with E-state index in [4.69, 9.17) is 19.2 Å². The van der Waals surface area contributed by atoms with Crippen LogP contribution in [0, 0.1) is 29.1 Å². The highest BCUT2D eigenvalue weighted by atomic mass is 32.2. The molecule has 5 aromatic rings. The zero-order chi connectivity index (χ0) is 30.8. The van der Waals surface area contributed by atoms with E-state index in [0.29, 0.717) is 45.4 Å². The first kappa shape index (κ1) is 29.8. The van der Waals surface area contributed by atoms with E-state index in [0.717, 1.165) is 17.1 Å². The van der Waals surface area contributed by atoms with Crippen LogP contribution in [0.3, 0.4) is 0 Å². The Morgan fingerprint density at radius 3 is 2.07 bits per heavy atom. The van der Waals surface area contributed by atoms with E-state index in [1.54, 1.807) is 28.8 Å². The van der Waals surface area contributed by atoms with Gasteiger partial charge in [0, 0.05) is 34.4 Å². The maximum atomic E-state index is 14.3. The number of methoxy groups -OCH3 is 3. The number of para-hydroxylation sites is 1. The molecule has 0 aliphatic carbocycles. The molecule has 43 heavy (non-hydrogen) atoms. The highest BCUT2D eigenvalue weighted by Gasteiger charge is 2.27. The molecule has 5 rings (SSSR count). The van der Waals surface area contributed by atoms with E-state index in [9.17, 15) is 22.0 Å². The van der Waals surface area contributed by atoms with Crippen LogP contribution in [0.2, 0.25) is 0 Å². The maximum Gasteiger partial charge on any atom is 0.203 e. The highest BCUT2D eigenvalue weighted by Crippen LogP contribution is 2.42. The number of aromatic nitrogens is 4. The lowest BCUT2D eigenvalue weighted by atomic mass is 10.0. The topological polar surface area (TPSA) is 71.3 Å². The predicted octanol–water partition coefficient (Wildman–Crippen LogP) is 7.36. The molecule has 0 amide bonds. The van der Waals surface area contributed by atoms with Gasteiger partial charge in [-0.2, -0.15) is 0 Å². The Kier molecular flexibility index (Phi) is 8.53. The van der Waals surface area contributed by atoms with Crippen LogP contribution in [0.4, 0.5) is 22.0 Å². The Morgan fingerprint density at radius 1 is 0.837 bits per heavy atom. The van der Waals surface area contributed by atoms with Crippen molar-refractivity contribution in [2.75, 3.05) is 21.3 Å². The molecule has 0 bridgehead atoms. The highest BCUT2D eigenvalue weighted by molar-refractivity contribution is 7.98. The van der Waals surface area contributed by atoms with E-state index >= 15 is 0 Å². The van der Waals surface area contributed by atoms with E-state index < -0.39 is 40.4 Å². The van der Waals surface area contributed by atoms with Gasteiger partial charge in [0.05, 0.1) is 32.5 Å². The van der Waals surface area contributed by atoms with E-state index in [2.05, 4.69) is 16.8 Å². The molecule has 2 heterocycles. The molecule has 0 spiro atoms. The molecule has 0 unspecified atom stereocenters. The first-order valence-electron chi connectivity index (χ1n) is 12.6. The van der Waals surface area contributed by atoms with Gasteiger partial charge in [-0.1, -0.05) is 36.0 Å². The Morgan fingerprint density at radius 2 is 1.47 bits per heavy atom. The second kappa shape index (κ2) is 12.3. The summed E-state index contributed by atoms with van der Waals surface area (Å²) in [6.07, 6.45) is 1.57. The van der Waals surface area contributed by atoms with Gasteiger partial charge >= 0.3 is 0 Å². The number of thioether (sulfide) groups is 1. The Labute approximate surface area is 246 Å². The van der Waals surface area contributed by atoms with Crippen molar-refractivity contribution in [1.29, 1.82) is 0 Å². The number of benzene rings is 3. The molecule has 0 aliphatic heterocycles. The number of pyridine rings is 1. The van der Waals surface area contributed by atoms with Crippen LogP contribution >= 0.6 is 11.8 Å². The monoisotopic (exact) mass is 614 g/mol. The average Bonchev–Trinajstić information content (AvgIpc) is 3.43. The van der Waals surface area contributed by atoms with Crippen molar-refractivity contribution in [2.24, 2.45) is 0 Å². The molecule has 0 fully saturated rings. The van der Waals surface area contributed by atoms with Crippen LogP contribution in [0.5, 0.6) is 17.2 Å². The van der Waals surface area contributed by atoms with Crippen molar-refractivity contribution >= 4 is 22.7 Å². The molecule has 0 saturated heterocycles. The van der Waals surface area contributed by atoms with Gasteiger partial charge in [-0.15, -0.1) is 16.8 Å². The van der Waals surface area contributed by atoms with Crippen molar-refractivity contribution < 1.29 is 36.2 Å². The molecule has 0 aliphatic rings. The van der Waals surface area contributed by atoms with Gasteiger partial charge in [-0.3, -0.25) is 4.57 Å². The molecule has 0 saturated carbocycles. The minimum Gasteiger partial charge on any atom is -0.493 e. The number of fused-ring (bicyclic) bond motifs is 1. The molecule has 2 aromatic heterocycles. The second-order valence-electron chi connectivity index (χ2n) is 9.03. The molecule has 0 radical (unpaired) electrons. The largest absolute Gasteiger partial charge is 0.493 e. The third kappa shape index (κ3) is 5.36. The van der Waals surface area contributed by atoms with Crippen molar-refractivity contribution in [1.82, 2.24) is 19.7 Å². The van der Waals surface area contributed by atoms with Crippen LogP contribution in [0.1, 0.15) is 5.56 Å². The lowest BCUT2D eigenvalue weighted by Gasteiger charge is -2.15. The quantitative estimate of drug-likeness (QED) is 0.0535. The standard InChI is InChI=1S/C30H23F5N4O3S/c1-5-10-39-29(37-38-30(39)43-14-18-23(31)25(33)27(35)26(34)24(18)32)17-13-20(36-19-9-7-6-8-16(17)19)15-11-21(40-2)28(42-4)22(12-15)41-3/h5-9,11-13H,1,10,14H2,2-4H3. The Bertz CT molecular complexity index is 1810. The molecule has 3 aromatic carbocycles. The summed E-state index contributed by atoms with van der Waals surface area (Å²) in [7, 11) is 4.51. The summed E-state index contributed by atoms with van der Waals surface area (Å²) in [4.78, 5) is 4.82. The summed E-state index contributed by atoms with van der Waals surface area (Å²) in [5.41, 5.74) is 1.48. The van der Waals surface area contributed by atoms with E-state index in [1.165, 1.54) is 21.3 Å². The Balaban J connectivity index is 1.63. The minimum atomic E-state index is -2.21. The lowest BCUT2D eigenvalue weighted by Crippen LogP contribution is -2.07. The number of halogens is 5. The molecular formula is C30H23F5N4O3S. The fraction of sp³-hybridized carbons (Fsp3) is 0.167. The fourth-order valence-corrected chi connectivity index (χ4v) is 5.48. The van der Waals surface area contributed by atoms with Gasteiger partial charge < -0.3 is 14.2 Å². The summed E-state index contributed by atoms with van der Waals surface area (Å²) in [6, 6.07) is 12.6. The van der Waals surface area contributed by atoms with Crippen molar-refractivity contribution in [3.63, 3.8) is 0 Å². The van der Waals surface area contributed by atoms with E-state index in [-0.39, 0.29) is 11.7 Å². The van der Waals surface area contributed by atoms with Crippen molar-refractivity contribution in [3.05, 3.63) is 89.8 Å². The first-order chi connectivity index (χ1) is 20.7. The number of hydrogen-bond acceptors (Lipinski definition) is 7. The predicted molar refractivity (Wildman–Crippen MR) is 152 cm³/mol. The van der Waals surface area contributed by atoms with Crippen LogP contribution in [0.15, 0.2) is 60.3 Å². The Hall–Kier alpha value is -4.65. The maximum absolute atomic E-state index is 14.3. The third-order valence-electron chi connectivity index (χ3n) is 6.59. The van der Waals surface area contributed by atoms with Crippen LogP contribution in [-0.4, -0.2) is 41.1 Å². The van der Waals surface area contributed by atoms with Crippen LogP contribution < -0.4 is 14.2 Å². The number of hydrogen-bond donors (Lipinski definition) is 0. The smallest absolute Gasteiger partial charge is 0.203 e. The van der Waals surface area contributed by atoms with Gasteiger partial charge in [0.25, 0.3) is 0 Å². The first-order valence-corrected chi connectivity index (χ1v) is 13.6. The summed E-state index contributed by atoms with van der Waals surface area (Å²) < 4.78 is 87.8. The zero-order valence-electron chi connectivity index (χ0n) is 23.1. The molecular weight excluding hydrogens is 591 g/mol. The summed E-state index contributed by atoms with van der Waals surface area (Å²) >= 11 is 0.770. The number of nitrogens with zero attached hydrogens (tertiary/aromatic N) is 4. The molecule has 0 atom stereocenters. The number of ether oxygens (including phenoxy) is 3. The van der Waals surface area contributed by atoms with E-state index in [1.807, 2.05) is 24.3 Å². The minimum absolute atomic E-state index is 0.175. The lowest BCUT2D eigenvalue weighted by molar-refractivity contribution is 0.324. The van der Waals surface area contributed by atoms with Gasteiger partial charge in [0.1, 0.15) is 0 Å². The van der Waals surface area contributed by atoms with Gasteiger partial charge in [-0.25, -0.2) is 26.9 Å². The molecule has 0 N–H and O–H groups in total. The normalized spacial score (nSPS) is 11.2. The third-order valence-corrected chi connectivity index (χ3v) is 7.59. The van der Waals surface area contributed by atoms with Gasteiger partial charge in [0.2, 0.25) is 11.6 Å².